The normalized spacial score (nSPS) is 12.0. The first kappa shape index (κ1) is 15.9. The van der Waals surface area contributed by atoms with Crippen LogP contribution in [0, 0.1) is 5.82 Å². The smallest absolute Gasteiger partial charge is 0.237 e. The number of nitrogens with two attached hydrogens (primary N) is 1. The van der Waals surface area contributed by atoms with Crippen LogP contribution in [0.25, 0.3) is 0 Å². The number of carbonyl (C=O) groups is 1. The monoisotopic (exact) mass is 368 g/mol. The maximum atomic E-state index is 13.0. The summed E-state index contributed by atoms with van der Waals surface area (Å²) in [4.78, 5) is 13.1. The Hall–Kier alpha value is -1.53. The maximum absolute atomic E-state index is 13.0. The summed E-state index contributed by atoms with van der Waals surface area (Å²) in [6.45, 7) is 1.81. The molecule has 2 aromatic carbocycles. The molecule has 3 N–H and O–H groups in total. The van der Waals surface area contributed by atoms with E-state index in [1.165, 1.54) is 30.0 Å². The van der Waals surface area contributed by atoms with E-state index in [2.05, 4.69) is 21.2 Å². The summed E-state index contributed by atoms with van der Waals surface area (Å²) in [5, 5.41) is 2.41. The van der Waals surface area contributed by atoms with Crippen LogP contribution < -0.4 is 11.1 Å². The number of amides is 1. The van der Waals surface area contributed by atoms with Crippen molar-refractivity contribution in [3.63, 3.8) is 0 Å². The quantitative estimate of drug-likeness (QED) is 0.625. The molecule has 1 atom stereocenters. The molecule has 0 saturated heterocycles. The lowest BCUT2D eigenvalue weighted by Gasteiger charge is -2.13. The lowest BCUT2D eigenvalue weighted by atomic mass is 10.2. The molecule has 0 aliphatic heterocycles. The van der Waals surface area contributed by atoms with E-state index in [-0.39, 0.29) is 16.8 Å². The number of halogens is 2. The Morgan fingerprint density at radius 1 is 1.33 bits per heavy atom. The van der Waals surface area contributed by atoms with Crippen molar-refractivity contribution in [1.29, 1.82) is 0 Å². The zero-order valence-electron chi connectivity index (χ0n) is 11.3. The summed E-state index contributed by atoms with van der Waals surface area (Å²) >= 11 is 4.83. The predicted octanol–water partition coefficient (Wildman–Crippen LogP) is 4.29. The summed E-state index contributed by atoms with van der Waals surface area (Å²) < 4.78 is 13.9. The van der Waals surface area contributed by atoms with Crippen molar-refractivity contribution in [2.24, 2.45) is 0 Å². The SMILES string of the molecule is CC(Sc1cccc(Br)c1)C(=O)Nc1ccc(F)cc1N. The highest BCUT2D eigenvalue weighted by Crippen LogP contribution is 2.27. The fourth-order valence-corrected chi connectivity index (χ4v) is 3.16. The zero-order valence-corrected chi connectivity index (χ0v) is 13.7. The highest BCUT2D eigenvalue weighted by Gasteiger charge is 2.15. The highest BCUT2D eigenvalue weighted by molar-refractivity contribution is 9.10. The van der Waals surface area contributed by atoms with Gasteiger partial charge >= 0.3 is 0 Å². The van der Waals surface area contributed by atoms with Gasteiger partial charge in [-0.1, -0.05) is 22.0 Å². The molecule has 0 radical (unpaired) electrons. The van der Waals surface area contributed by atoms with E-state index in [1.54, 1.807) is 6.92 Å². The molecule has 0 spiro atoms. The number of anilines is 2. The Kier molecular flexibility index (Phi) is 5.25. The summed E-state index contributed by atoms with van der Waals surface area (Å²) in [5.41, 5.74) is 6.31. The van der Waals surface area contributed by atoms with Crippen molar-refractivity contribution in [2.45, 2.75) is 17.1 Å². The Labute approximate surface area is 135 Å². The first-order valence-corrected chi connectivity index (χ1v) is 7.91. The van der Waals surface area contributed by atoms with Crippen LogP contribution in [0.1, 0.15) is 6.92 Å². The van der Waals surface area contributed by atoms with Gasteiger partial charge in [0.25, 0.3) is 0 Å². The van der Waals surface area contributed by atoms with Crippen molar-refractivity contribution < 1.29 is 9.18 Å². The van der Waals surface area contributed by atoms with Crippen LogP contribution in [0.15, 0.2) is 51.8 Å². The fraction of sp³-hybridized carbons (Fsp3) is 0.133. The third-order valence-corrected chi connectivity index (χ3v) is 4.34. The Morgan fingerprint density at radius 2 is 2.10 bits per heavy atom. The minimum Gasteiger partial charge on any atom is -0.397 e. The molecule has 2 aromatic rings. The van der Waals surface area contributed by atoms with Gasteiger partial charge in [0.2, 0.25) is 5.91 Å². The standard InChI is InChI=1S/C15H14BrFN2OS/c1-9(21-12-4-2-3-10(16)7-12)15(20)19-14-6-5-11(17)8-13(14)18/h2-9H,18H2,1H3,(H,19,20). The van der Waals surface area contributed by atoms with Crippen LogP contribution >= 0.6 is 27.7 Å². The van der Waals surface area contributed by atoms with E-state index in [1.807, 2.05) is 24.3 Å². The molecule has 0 aromatic heterocycles. The third-order valence-electron chi connectivity index (χ3n) is 2.75. The van der Waals surface area contributed by atoms with Crippen LogP contribution in [0.4, 0.5) is 15.8 Å². The Balaban J connectivity index is 2.02. The lowest BCUT2D eigenvalue weighted by molar-refractivity contribution is -0.115. The second kappa shape index (κ2) is 6.95. The number of thioether (sulfide) groups is 1. The summed E-state index contributed by atoms with van der Waals surface area (Å²) in [6, 6.07) is 11.6. The van der Waals surface area contributed by atoms with E-state index < -0.39 is 5.82 Å². The molecule has 0 fully saturated rings. The van der Waals surface area contributed by atoms with Gasteiger partial charge in [-0.3, -0.25) is 4.79 Å². The number of nitrogen functional groups attached to an aromatic ring is 1. The molecular formula is C15H14BrFN2OS. The summed E-state index contributed by atoms with van der Waals surface area (Å²) in [7, 11) is 0. The van der Waals surface area contributed by atoms with E-state index in [9.17, 15) is 9.18 Å². The molecular weight excluding hydrogens is 355 g/mol. The average molecular weight is 369 g/mol. The molecule has 1 amide bonds. The fourth-order valence-electron chi connectivity index (χ4n) is 1.68. The number of benzene rings is 2. The maximum Gasteiger partial charge on any atom is 0.237 e. The van der Waals surface area contributed by atoms with E-state index in [4.69, 9.17) is 5.73 Å². The van der Waals surface area contributed by atoms with E-state index in [0.29, 0.717) is 5.69 Å². The van der Waals surface area contributed by atoms with Gasteiger partial charge < -0.3 is 11.1 Å². The summed E-state index contributed by atoms with van der Waals surface area (Å²) in [5.74, 6) is -0.611. The van der Waals surface area contributed by atoms with Crippen LogP contribution in [0.2, 0.25) is 0 Å². The van der Waals surface area contributed by atoms with Gasteiger partial charge in [0, 0.05) is 9.37 Å². The molecule has 2 rings (SSSR count). The second-order valence-electron chi connectivity index (χ2n) is 4.44. The average Bonchev–Trinajstić information content (AvgIpc) is 2.41. The number of hydrogen-bond acceptors (Lipinski definition) is 3. The van der Waals surface area contributed by atoms with Gasteiger partial charge in [-0.05, 0) is 43.3 Å². The van der Waals surface area contributed by atoms with Crippen LogP contribution in [-0.2, 0) is 4.79 Å². The minimum atomic E-state index is -0.429. The molecule has 0 aliphatic carbocycles. The van der Waals surface area contributed by atoms with Gasteiger partial charge in [-0.15, -0.1) is 11.8 Å². The Morgan fingerprint density at radius 3 is 2.76 bits per heavy atom. The zero-order chi connectivity index (χ0) is 15.4. The highest BCUT2D eigenvalue weighted by atomic mass is 79.9. The molecule has 1 unspecified atom stereocenters. The predicted molar refractivity (Wildman–Crippen MR) is 88.9 cm³/mol. The molecule has 110 valence electrons. The van der Waals surface area contributed by atoms with E-state index >= 15 is 0 Å². The summed E-state index contributed by atoms with van der Waals surface area (Å²) in [6.07, 6.45) is 0. The van der Waals surface area contributed by atoms with Crippen LogP contribution in [-0.4, -0.2) is 11.2 Å². The van der Waals surface area contributed by atoms with Crippen LogP contribution in [0.3, 0.4) is 0 Å². The molecule has 6 heteroatoms. The Bertz CT molecular complexity index is 666. The van der Waals surface area contributed by atoms with Gasteiger partial charge in [0.15, 0.2) is 0 Å². The lowest BCUT2D eigenvalue weighted by Crippen LogP contribution is -2.22. The number of rotatable bonds is 4. The van der Waals surface area contributed by atoms with Gasteiger partial charge in [-0.25, -0.2) is 4.39 Å². The molecule has 0 bridgehead atoms. The van der Waals surface area contributed by atoms with Crippen molar-refractivity contribution in [2.75, 3.05) is 11.1 Å². The topological polar surface area (TPSA) is 55.1 Å². The molecule has 0 aliphatic rings. The van der Waals surface area contributed by atoms with Crippen molar-refractivity contribution in [1.82, 2.24) is 0 Å². The molecule has 21 heavy (non-hydrogen) atoms. The molecule has 0 heterocycles. The number of carbonyl (C=O) groups excluding carboxylic acids is 1. The first-order valence-electron chi connectivity index (χ1n) is 6.24. The molecule has 3 nitrogen and oxygen atoms in total. The minimum absolute atomic E-state index is 0.182. The third kappa shape index (κ3) is 4.47. The van der Waals surface area contributed by atoms with Gasteiger partial charge in [-0.2, -0.15) is 0 Å². The molecule has 0 saturated carbocycles. The van der Waals surface area contributed by atoms with Crippen LogP contribution in [0.5, 0.6) is 0 Å². The van der Waals surface area contributed by atoms with Crippen molar-refractivity contribution in [3.8, 4) is 0 Å². The number of nitrogens with one attached hydrogen (secondary N) is 1. The largest absolute Gasteiger partial charge is 0.397 e. The van der Waals surface area contributed by atoms with Crippen molar-refractivity contribution >= 4 is 45.0 Å². The van der Waals surface area contributed by atoms with E-state index in [0.717, 1.165) is 9.37 Å². The van der Waals surface area contributed by atoms with Crippen molar-refractivity contribution in [3.05, 3.63) is 52.8 Å². The first-order chi connectivity index (χ1) is 9.95. The number of hydrogen-bond donors (Lipinski definition) is 2. The van der Waals surface area contributed by atoms with Gasteiger partial charge in [0.05, 0.1) is 16.6 Å². The van der Waals surface area contributed by atoms with Gasteiger partial charge in [0.1, 0.15) is 5.82 Å². The second-order valence-corrected chi connectivity index (χ2v) is 6.77.